The molecule has 0 spiro atoms. The van der Waals surface area contributed by atoms with E-state index in [0.717, 1.165) is 36.3 Å². The second kappa shape index (κ2) is 9.20. The Morgan fingerprint density at radius 3 is 2.71 bits per heavy atom. The first-order chi connectivity index (χ1) is 16.9. The third-order valence-electron chi connectivity index (χ3n) is 6.06. The van der Waals surface area contributed by atoms with Gasteiger partial charge in [0.1, 0.15) is 23.0 Å². The molecule has 0 unspecified atom stereocenters. The van der Waals surface area contributed by atoms with E-state index in [0.29, 0.717) is 12.0 Å². The number of para-hydroxylation sites is 1. The van der Waals surface area contributed by atoms with Gasteiger partial charge in [0, 0.05) is 38.6 Å². The molecular weight excluding hydrogens is 450 g/mol. The van der Waals surface area contributed by atoms with Crippen LogP contribution in [0.3, 0.4) is 0 Å². The first kappa shape index (κ1) is 22.6. The number of nitrogens with zero attached hydrogens (tertiary/aromatic N) is 5. The molecule has 5 N–H and O–H groups in total. The SMILES string of the molecule is COCCN1CCc2cc(Nc3ncc4c(N)n(-c5c(O)cccc5O)c(=O)nc4n3)ccc2C1. The number of hydrogen-bond acceptors (Lipinski definition) is 10. The van der Waals surface area contributed by atoms with Crippen LogP contribution in [0.1, 0.15) is 11.1 Å². The summed E-state index contributed by atoms with van der Waals surface area (Å²) in [5.41, 5.74) is 8.72. The van der Waals surface area contributed by atoms with Gasteiger partial charge in [0.25, 0.3) is 0 Å². The van der Waals surface area contributed by atoms with Crippen molar-refractivity contribution >= 4 is 28.5 Å². The van der Waals surface area contributed by atoms with Crippen molar-refractivity contribution < 1.29 is 14.9 Å². The molecule has 0 saturated heterocycles. The standard InChI is InChI=1S/C24H25N7O4/c1-35-10-9-30-8-7-14-11-16(6-5-15(14)13-30)27-23-26-12-17-21(25)31(24(34)29-22(17)28-23)20-18(32)3-2-4-19(20)33/h2-6,11-12,32-33H,7-10,13,25H2,1H3,(H,27,28,29,34). The lowest BCUT2D eigenvalue weighted by Crippen LogP contribution is -2.33. The summed E-state index contributed by atoms with van der Waals surface area (Å²) in [5, 5.41) is 23.8. The highest BCUT2D eigenvalue weighted by Gasteiger charge is 2.19. The van der Waals surface area contributed by atoms with Crippen LogP contribution in [0.25, 0.3) is 16.7 Å². The third kappa shape index (κ3) is 4.34. The topological polar surface area (TPSA) is 152 Å². The van der Waals surface area contributed by atoms with Crippen molar-refractivity contribution in [3.63, 3.8) is 0 Å². The Hall–Kier alpha value is -4.22. The van der Waals surface area contributed by atoms with Gasteiger partial charge in [-0.05, 0) is 41.8 Å². The van der Waals surface area contributed by atoms with Crippen LogP contribution in [-0.4, -0.2) is 61.4 Å². The number of hydrogen-bond donors (Lipinski definition) is 4. The van der Waals surface area contributed by atoms with Crippen molar-refractivity contribution in [1.82, 2.24) is 24.4 Å². The first-order valence-corrected chi connectivity index (χ1v) is 11.1. The summed E-state index contributed by atoms with van der Waals surface area (Å²) < 4.78 is 6.11. The molecule has 35 heavy (non-hydrogen) atoms. The zero-order valence-electron chi connectivity index (χ0n) is 19.1. The number of fused-ring (bicyclic) bond motifs is 2. The number of anilines is 3. The minimum Gasteiger partial charge on any atom is -0.506 e. The number of nitrogens with two attached hydrogens (primary N) is 1. The fraction of sp³-hybridized carbons (Fsp3) is 0.250. The lowest BCUT2D eigenvalue weighted by Gasteiger charge is -2.28. The molecule has 0 aliphatic carbocycles. The van der Waals surface area contributed by atoms with Gasteiger partial charge >= 0.3 is 5.69 Å². The van der Waals surface area contributed by atoms with E-state index in [1.54, 1.807) is 7.11 Å². The molecule has 1 aliphatic heterocycles. The van der Waals surface area contributed by atoms with Gasteiger partial charge in [0.15, 0.2) is 5.65 Å². The van der Waals surface area contributed by atoms with E-state index in [2.05, 4.69) is 37.3 Å². The molecule has 0 bridgehead atoms. The molecule has 2 aromatic heterocycles. The summed E-state index contributed by atoms with van der Waals surface area (Å²) in [5.74, 6) is -0.402. The maximum absolute atomic E-state index is 12.7. The summed E-state index contributed by atoms with van der Waals surface area (Å²) in [6.07, 6.45) is 2.38. The van der Waals surface area contributed by atoms with E-state index in [1.165, 1.54) is 35.5 Å². The molecule has 0 saturated carbocycles. The average molecular weight is 476 g/mol. The van der Waals surface area contributed by atoms with Crippen molar-refractivity contribution in [2.75, 3.05) is 37.9 Å². The van der Waals surface area contributed by atoms with Gasteiger partial charge in [0.05, 0.1) is 12.0 Å². The van der Waals surface area contributed by atoms with Crippen molar-refractivity contribution in [3.8, 4) is 17.2 Å². The van der Waals surface area contributed by atoms with Crippen LogP contribution >= 0.6 is 0 Å². The van der Waals surface area contributed by atoms with Crippen molar-refractivity contribution in [2.45, 2.75) is 13.0 Å². The Labute approximate surface area is 200 Å². The van der Waals surface area contributed by atoms with Gasteiger partial charge in [0.2, 0.25) is 5.95 Å². The molecule has 3 heterocycles. The van der Waals surface area contributed by atoms with Crippen LogP contribution in [-0.2, 0) is 17.7 Å². The fourth-order valence-electron chi connectivity index (χ4n) is 4.26. The number of aromatic nitrogens is 4. The van der Waals surface area contributed by atoms with Gasteiger partial charge in [-0.25, -0.2) is 14.3 Å². The molecule has 1 aliphatic rings. The average Bonchev–Trinajstić information content (AvgIpc) is 2.84. The summed E-state index contributed by atoms with van der Waals surface area (Å²) in [4.78, 5) is 27.8. The van der Waals surface area contributed by atoms with Gasteiger partial charge in [-0.3, -0.25) is 4.90 Å². The predicted molar refractivity (Wildman–Crippen MR) is 131 cm³/mol. The van der Waals surface area contributed by atoms with Crippen molar-refractivity contribution in [1.29, 1.82) is 0 Å². The van der Waals surface area contributed by atoms with Gasteiger partial charge in [-0.1, -0.05) is 12.1 Å². The predicted octanol–water partition coefficient (Wildman–Crippen LogP) is 1.92. The van der Waals surface area contributed by atoms with E-state index >= 15 is 0 Å². The van der Waals surface area contributed by atoms with E-state index in [-0.39, 0.29) is 34.6 Å². The van der Waals surface area contributed by atoms with E-state index in [9.17, 15) is 15.0 Å². The molecule has 0 radical (unpaired) electrons. The molecule has 180 valence electrons. The number of aromatic hydroxyl groups is 2. The molecule has 11 heteroatoms. The number of benzene rings is 2. The second-order valence-corrected chi connectivity index (χ2v) is 8.32. The summed E-state index contributed by atoms with van der Waals surface area (Å²) in [6, 6.07) is 10.3. The molecule has 0 amide bonds. The smallest absolute Gasteiger partial charge is 0.356 e. The lowest BCUT2D eigenvalue weighted by molar-refractivity contribution is 0.141. The van der Waals surface area contributed by atoms with Crippen LogP contribution in [0.15, 0.2) is 47.4 Å². The van der Waals surface area contributed by atoms with Crippen molar-refractivity contribution in [3.05, 3.63) is 64.2 Å². The highest BCUT2D eigenvalue weighted by molar-refractivity contribution is 5.86. The van der Waals surface area contributed by atoms with Gasteiger partial charge in [-0.15, -0.1) is 0 Å². The zero-order chi connectivity index (χ0) is 24.5. The number of nitrogens with one attached hydrogen (secondary N) is 1. The van der Waals surface area contributed by atoms with Crippen LogP contribution < -0.4 is 16.7 Å². The highest BCUT2D eigenvalue weighted by Crippen LogP contribution is 2.32. The molecular formula is C24H25N7O4. The Kier molecular flexibility index (Phi) is 5.93. The number of ether oxygens (including phenoxy) is 1. The molecule has 11 nitrogen and oxygen atoms in total. The van der Waals surface area contributed by atoms with E-state index < -0.39 is 5.69 Å². The largest absolute Gasteiger partial charge is 0.506 e. The molecule has 0 fully saturated rings. The third-order valence-corrected chi connectivity index (χ3v) is 6.06. The van der Waals surface area contributed by atoms with Crippen LogP contribution in [0, 0.1) is 0 Å². The zero-order valence-corrected chi connectivity index (χ0v) is 19.1. The molecule has 4 aromatic rings. The Morgan fingerprint density at radius 2 is 1.94 bits per heavy atom. The molecule has 5 rings (SSSR count). The van der Waals surface area contributed by atoms with Gasteiger partial charge < -0.3 is 26.0 Å². The highest BCUT2D eigenvalue weighted by atomic mass is 16.5. The fourth-order valence-corrected chi connectivity index (χ4v) is 4.26. The number of phenols is 2. The maximum Gasteiger partial charge on any atom is 0.356 e. The summed E-state index contributed by atoms with van der Waals surface area (Å²) in [7, 11) is 1.71. The number of phenolic OH excluding ortho intramolecular Hbond substituents is 2. The van der Waals surface area contributed by atoms with Crippen LogP contribution in [0.4, 0.5) is 17.5 Å². The van der Waals surface area contributed by atoms with Crippen LogP contribution in [0.5, 0.6) is 11.5 Å². The molecule has 0 atom stereocenters. The minimum absolute atomic E-state index is 0.0462. The Balaban J connectivity index is 1.43. The summed E-state index contributed by atoms with van der Waals surface area (Å²) >= 11 is 0. The Bertz CT molecular complexity index is 1450. The van der Waals surface area contributed by atoms with Crippen molar-refractivity contribution in [2.24, 2.45) is 0 Å². The van der Waals surface area contributed by atoms with Crippen LogP contribution in [0.2, 0.25) is 0 Å². The summed E-state index contributed by atoms with van der Waals surface area (Å²) in [6.45, 7) is 3.47. The quantitative estimate of drug-likeness (QED) is 0.325. The lowest BCUT2D eigenvalue weighted by atomic mass is 9.99. The van der Waals surface area contributed by atoms with E-state index in [1.807, 2.05) is 6.07 Å². The minimum atomic E-state index is -0.789. The number of rotatable bonds is 6. The van der Waals surface area contributed by atoms with E-state index in [4.69, 9.17) is 10.5 Å². The van der Waals surface area contributed by atoms with Gasteiger partial charge in [-0.2, -0.15) is 9.97 Å². The Morgan fingerprint density at radius 1 is 1.14 bits per heavy atom. The normalized spacial score (nSPS) is 13.6. The maximum atomic E-state index is 12.7. The molecule has 2 aromatic carbocycles. The second-order valence-electron chi connectivity index (χ2n) is 8.32. The first-order valence-electron chi connectivity index (χ1n) is 11.1. The monoisotopic (exact) mass is 475 g/mol. The number of nitrogen functional groups attached to an aromatic ring is 1. The number of methoxy groups -OCH3 is 1.